The molecule has 0 radical (unpaired) electrons. The van der Waals surface area contributed by atoms with Crippen molar-refractivity contribution >= 4 is 40.3 Å². The monoisotopic (exact) mass is 414 g/mol. The average molecular weight is 415 g/mol. The van der Waals surface area contributed by atoms with Crippen molar-refractivity contribution in [3.05, 3.63) is 12.2 Å². The van der Waals surface area contributed by atoms with Crippen molar-refractivity contribution in [1.82, 2.24) is 4.90 Å². The molecule has 1 amide bonds. The third-order valence-electron chi connectivity index (χ3n) is 5.35. The molecule has 0 bridgehead atoms. The molecule has 2 heterocycles. The van der Waals surface area contributed by atoms with E-state index < -0.39 is 18.1 Å². The van der Waals surface area contributed by atoms with E-state index in [1.54, 1.807) is 11.8 Å². The Morgan fingerprint density at radius 1 is 1.48 bits per heavy atom. The Labute approximate surface area is 169 Å². The minimum atomic E-state index is -0.838. The second-order valence-corrected chi connectivity index (χ2v) is 8.64. The summed E-state index contributed by atoms with van der Waals surface area (Å²) in [5.74, 6) is -0.233. The van der Waals surface area contributed by atoms with Crippen LogP contribution in [0.3, 0.4) is 0 Å². The fraction of sp³-hybridized carbons (Fsp3) is 0.737. The molecule has 0 spiro atoms. The number of β-lactam (4-membered cyclic amide) rings is 1. The number of alkyl halides is 1. The molecule has 1 aliphatic carbocycles. The van der Waals surface area contributed by atoms with Gasteiger partial charge in [0.2, 0.25) is 0 Å². The van der Waals surface area contributed by atoms with Gasteiger partial charge in [-0.2, -0.15) is 0 Å². The molecule has 5 unspecified atom stereocenters. The molecule has 3 aliphatic rings. The SMILES string of the molecule is C=C(CCl)C(C(=O)OC)N1C(=O)C2N=C(C3CCCC(OCCC)C3)SC21. The summed E-state index contributed by atoms with van der Waals surface area (Å²) in [5.41, 5.74) is 0.468. The normalized spacial score (nSPS) is 31.0. The zero-order chi connectivity index (χ0) is 19.6. The fourth-order valence-corrected chi connectivity index (χ4v) is 5.56. The van der Waals surface area contributed by atoms with E-state index in [-0.39, 0.29) is 23.3 Å². The molecule has 8 heteroatoms. The second-order valence-electron chi connectivity index (χ2n) is 7.24. The van der Waals surface area contributed by atoms with Gasteiger partial charge in [0.25, 0.3) is 5.91 Å². The smallest absolute Gasteiger partial charge is 0.333 e. The molecular formula is C19H27ClN2O4S. The van der Waals surface area contributed by atoms with Gasteiger partial charge in [-0.15, -0.1) is 11.6 Å². The Morgan fingerprint density at radius 2 is 2.26 bits per heavy atom. The number of likely N-dealkylation sites (tertiary alicyclic amines) is 1. The third kappa shape index (κ3) is 4.05. The first-order valence-corrected chi connectivity index (χ1v) is 10.9. The molecule has 0 aromatic carbocycles. The zero-order valence-corrected chi connectivity index (χ0v) is 17.4. The zero-order valence-electron chi connectivity index (χ0n) is 15.9. The van der Waals surface area contributed by atoms with Crippen molar-refractivity contribution in [2.75, 3.05) is 19.6 Å². The largest absolute Gasteiger partial charge is 0.467 e. The van der Waals surface area contributed by atoms with Crippen molar-refractivity contribution in [2.45, 2.75) is 62.6 Å². The van der Waals surface area contributed by atoms with Crippen molar-refractivity contribution in [3.8, 4) is 0 Å². The summed E-state index contributed by atoms with van der Waals surface area (Å²) in [5, 5.41) is 0.847. The number of carbonyl (C=O) groups excluding carboxylic acids is 2. The number of halogens is 1. The van der Waals surface area contributed by atoms with Gasteiger partial charge in [0.05, 0.1) is 18.3 Å². The van der Waals surface area contributed by atoms with E-state index in [4.69, 9.17) is 26.1 Å². The number of aliphatic imine (C=N–C) groups is 1. The lowest BCUT2D eigenvalue weighted by Gasteiger charge is -2.45. The molecule has 150 valence electrons. The average Bonchev–Trinajstić information content (AvgIpc) is 3.09. The van der Waals surface area contributed by atoms with E-state index in [0.717, 1.165) is 43.8 Å². The van der Waals surface area contributed by atoms with Crippen LogP contribution < -0.4 is 0 Å². The van der Waals surface area contributed by atoms with Gasteiger partial charge in [-0.1, -0.05) is 31.7 Å². The highest BCUT2D eigenvalue weighted by molar-refractivity contribution is 8.14. The maximum absolute atomic E-state index is 12.6. The lowest BCUT2D eigenvalue weighted by molar-refractivity contribution is -0.159. The molecule has 2 aliphatic heterocycles. The predicted octanol–water partition coefficient (Wildman–Crippen LogP) is 2.99. The summed E-state index contributed by atoms with van der Waals surface area (Å²) in [6, 6.07) is -1.24. The molecule has 0 N–H and O–H groups in total. The number of fused-ring (bicyclic) bond motifs is 1. The highest BCUT2D eigenvalue weighted by Crippen LogP contribution is 2.45. The van der Waals surface area contributed by atoms with E-state index >= 15 is 0 Å². The highest BCUT2D eigenvalue weighted by Gasteiger charge is 2.57. The number of carbonyl (C=O) groups is 2. The number of esters is 1. The Bertz CT molecular complexity index is 625. The summed E-state index contributed by atoms with van der Waals surface area (Å²) in [7, 11) is 1.31. The molecule has 1 saturated heterocycles. The molecular weight excluding hydrogens is 388 g/mol. The summed E-state index contributed by atoms with van der Waals surface area (Å²) >= 11 is 7.47. The van der Waals surface area contributed by atoms with Crippen LogP contribution in [0.25, 0.3) is 0 Å². The van der Waals surface area contributed by atoms with E-state index in [1.807, 2.05) is 0 Å². The predicted molar refractivity (Wildman–Crippen MR) is 107 cm³/mol. The van der Waals surface area contributed by atoms with Crippen LogP contribution in [-0.2, 0) is 19.1 Å². The van der Waals surface area contributed by atoms with Crippen LogP contribution in [0.15, 0.2) is 17.1 Å². The summed E-state index contributed by atoms with van der Waals surface area (Å²) in [4.78, 5) is 31.1. The second kappa shape index (κ2) is 8.97. The molecule has 1 saturated carbocycles. The summed E-state index contributed by atoms with van der Waals surface area (Å²) in [6.45, 7) is 6.75. The van der Waals surface area contributed by atoms with Gasteiger partial charge in [-0.3, -0.25) is 9.79 Å². The number of amides is 1. The minimum absolute atomic E-state index is 0.0956. The fourth-order valence-electron chi connectivity index (χ4n) is 3.94. The number of methoxy groups -OCH3 is 1. The first-order chi connectivity index (χ1) is 13.0. The number of hydrogen-bond acceptors (Lipinski definition) is 6. The Morgan fingerprint density at radius 3 is 2.93 bits per heavy atom. The van der Waals surface area contributed by atoms with Gasteiger partial charge in [0.15, 0.2) is 12.1 Å². The van der Waals surface area contributed by atoms with Crippen molar-refractivity contribution in [3.63, 3.8) is 0 Å². The van der Waals surface area contributed by atoms with E-state index in [2.05, 4.69) is 13.5 Å². The molecule has 0 aromatic rings. The van der Waals surface area contributed by atoms with Gasteiger partial charge in [-0.05, 0) is 31.3 Å². The quantitative estimate of drug-likeness (QED) is 0.264. The Kier molecular flexibility index (Phi) is 6.87. The first kappa shape index (κ1) is 20.7. The van der Waals surface area contributed by atoms with E-state index in [9.17, 15) is 9.59 Å². The van der Waals surface area contributed by atoms with Crippen LogP contribution in [0.1, 0.15) is 39.0 Å². The Hall–Kier alpha value is -1.05. The molecule has 6 nitrogen and oxygen atoms in total. The van der Waals surface area contributed by atoms with Crippen molar-refractivity contribution < 1.29 is 19.1 Å². The van der Waals surface area contributed by atoms with Gasteiger partial charge in [0.1, 0.15) is 5.37 Å². The lowest BCUT2D eigenvalue weighted by Crippen LogP contribution is -2.66. The number of rotatable bonds is 8. The topological polar surface area (TPSA) is 68.2 Å². The van der Waals surface area contributed by atoms with Crippen LogP contribution in [0.4, 0.5) is 0 Å². The van der Waals surface area contributed by atoms with Crippen LogP contribution in [0.5, 0.6) is 0 Å². The molecule has 27 heavy (non-hydrogen) atoms. The highest BCUT2D eigenvalue weighted by atomic mass is 35.5. The van der Waals surface area contributed by atoms with Gasteiger partial charge >= 0.3 is 5.97 Å². The summed E-state index contributed by atoms with van der Waals surface area (Å²) in [6.07, 6.45) is 5.51. The number of ether oxygens (including phenoxy) is 2. The van der Waals surface area contributed by atoms with Crippen LogP contribution in [-0.4, -0.2) is 65.0 Å². The van der Waals surface area contributed by atoms with Crippen LogP contribution >= 0.6 is 23.4 Å². The Balaban J connectivity index is 1.67. The minimum Gasteiger partial charge on any atom is -0.467 e. The van der Waals surface area contributed by atoms with Gasteiger partial charge < -0.3 is 14.4 Å². The molecule has 2 fully saturated rings. The lowest BCUT2D eigenvalue weighted by atomic mass is 9.87. The molecule has 0 aromatic heterocycles. The van der Waals surface area contributed by atoms with Crippen molar-refractivity contribution in [2.24, 2.45) is 10.9 Å². The van der Waals surface area contributed by atoms with Crippen LogP contribution in [0, 0.1) is 5.92 Å². The number of hydrogen-bond donors (Lipinski definition) is 0. The van der Waals surface area contributed by atoms with Crippen LogP contribution in [0.2, 0.25) is 0 Å². The summed E-state index contributed by atoms with van der Waals surface area (Å²) < 4.78 is 10.8. The van der Waals surface area contributed by atoms with Crippen molar-refractivity contribution in [1.29, 1.82) is 0 Å². The van der Waals surface area contributed by atoms with Gasteiger partial charge in [0, 0.05) is 18.4 Å². The van der Waals surface area contributed by atoms with Gasteiger partial charge in [-0.25, -0.2) is 4.79 Å². The van der Waals surface area contributed by atoms with E-state index in [1.165, 1.54) is 12.0 Å². The van der Waals surface area contributed by atoms with E-state index in [0.29, 0.717) is 11.5 Å². The third-order valence-corrected chi connectivity index (χ3v) is 7.10. The molecule has 3 rings (SSSR count). The number of nitrogens with zero attached hydrogens (tertiary/aromatic N) is 2. The number of thioether (sulfide) groups is 1. The maximum Gasteiger partial charge on any atom is 0.333 e. The maximum atomic E-state index is 12.6. The molecule has 5 atom stereocenters. The first-order valence-electron chi connectivity index (χ1n) is 9.51. The standard InChI is InChI=1S/C19H27ClN2O4S/c1-4-8-26-13-7-5-6-12(9-13)16-21-14-17(23)22(18(14)27-16)15(11(2)10-20)19(24)25-3/h12-15,18H,2,4-10H2,1,3H3.